The number of rotatable bonds is 1. The lowest BCUT2D eigenvalue weighted by Crippen LogP contribution is -2.16. The Morgan fingerprint density at radius 2 is 2.50 bits per heavy atom. The van der Waals surface area contributed by atoms with Crippen molar-refractivity contribution in [2.75, 3.05) is 0 Å². The molecule has 1 aromatic rings. The van der Waals surface area contributed by atoms with Crippen molar-refractivity contribution in [2.24, 2.45) is 7.05 Å². The summed E-state index contributed by atoms with van der Waals surface area (Å²) in [4.78, 5) is 14.4. The summed E-state index contributed by atoms with van der Waals surface area (Å²) in [5.74, 6) is 0. The number of hydrogen-bond acceptors (Lipinski definition) is 3. The van der Waals surface area contributed by atoms with Crippen LogP contribution in [0, 0.1) is 5.41 Å². The summed E-state index contributed by atoms with van der Waals surface area (Å²) in [6, 6.07) is 0. The lowest BCUT2D eigenvalue weighted by atomic mass is 10.5. The lowest BCUT2D eigenvalue weighted by molar-refractivity contribution is 0.838. The Bertz CT molecular complexity index is 302. The SMILES string of the molecule is Cn1cc(C=N)ncc1=O. The van der Waals surface area contributed by atoms with Crippen LogP contribution in [0.15, 0.2) is 17.2 Å². The molecule has 4 nitrogen and oxygen atoms in total. The number of aryl methyl sites for hydroxylation is 1. The summed E-state index contributed by atoms with van der Waals surface area (Å²) in [6.07, 6.45) is 3.80. The molecule has 0 aromatic carbocycles. The van der Waals surface area contributed by atoms with Crippen LogP contribution in [0.5, 0.6) is 0 Å². The van der Waals surface area contributed by atoms with E-state index in [1.807, 2.05) is 0 Å². The maximum Gasteiger partial charge on any atom is 0.268 e. The smallest absolute Gasteiger partial charge is 0.268 e. The molecule has 0 aliphatic heterocycles. The van der Waals surface area contributed by atoms with Crippen LogP contribution in [0.4, 0.5) is 0 Å². The summed E-state index contributed by atoms with van der Waals surface area (Å²) < 4.78 is 1.38. The van der Waals surface area contributed by atoms with E-state index in [2.05, 4.69) is 4.98 Å². The molecule has 0 aliphatic rings. The molecular weight excluding hydrogens is 130 g/mol. The Hall–Kier alpha value is -1.45. The van der Waals surface area contributed by atoms with E-state index in [1.165, 1.54) is 17.0 Å². The van der Waals surface area contributed by atoms with Crippen LogP contribution in [0.2, 0.25) is 0 Å². The van der Waals surface area contributed by atoms with Crippen molar-refractivity contribution in [2.45, 2.75) is 0 Å². The molecule has 0 atom stereocenters. The van der Waals surface area contributed by atoms with Crippen LogP contribution in [0.1, 0.15) is 5.69 Å². The normalized spacial score (nSPS) is 9.30. The van der Waals surface area contributed by atoms with E-state index in [9.17, 15) is 4.79 Å². The minimum atomic E-state index is -0.161. The van der Waals surface area contributed by atoms with Crippen molar-refractivity contribution in [3.63, 3.8) is 0 Å². The van der Waals surface area contributed by atoms with Gasteiger partial charge in [-0.1, -0.05) is 0 Å². The first kappa shape index (κ1) is 6.67. The second-order valence-corrected chi connectivity index (χ2v) is 1.91. The van der Waals surface area contributed by atoms with Gasteiger partial charge in [-0.15, -0.1) is 0 Å². The highest BCUT2D eigenvalue weighted by molar-refractivity contribution is 5.73. The standard InChI is InChI=1S/C6H7N3O/c1-9-4-5(2-7)8-3-6(9)10/h2-4,7H,1H3. The predicted octanol–water partition coefficient (Wildman–Crippen LogP) is -0.222. The van der Waals surface area contributed by atoms with Gasteiger partial charge in [-0.25, -0.2) is 4.98 Å². The summed E-state index contributed by atoms with van der Waals surface area (Å²) in [7, 11) is 1.62. The molecule has 1 N–H and O–H groups in total. The number of hydrogen-bond donors (Lipinski definition) is 1. The molecule has 0 bridgehead atoms. The van der Waals surface area contributed by atoms with Crippen molar-refractivity contribution in [1.82, 2.24) is 9.55 Å². The summed E-state index contributed by atoms with van der Waals surface area (Å²) in [6.45, 7) is 0. The van der Waals surface area contributed by atoms with E-state index in [4.69, 9.17) is 5.41 Å². The van der Waals surface area contributed by atoms with Crippen molar-refractivity contribution in [1.29, 1.82) is 5.41 Å². The first-order chi connectivity index (χ1) is 4.74. The van der Waals surface area contributed by atoms with Gasteiger partial charge >= 0.3 is 0 Å². The Kier molecular flexibility index (Phi) is 1.62. The van der Waals surface area contributed by atoms with E-state index in [1.54, 1.807) is 7.05 Å². The third-order valence-corrected chi connectivity index (χ3v) is 1.15. The van der Waals surface area contributed by atoms with E-state index in [-0.39, 0.29) is 5.56 Å². The quantitative estimate of drug-likeness (QED) is 0.544. The fourth-order valence-corrected chi connectivity index (χ4v) is 0.591. The number of aromatic nitrogens is 2. The first-order valence-corrected chi connectivity index (χ1v) is 2.77. The van der Waals surface area contributed by atoms with Crippen LogP contribution in [0.25, 0.3) is 0 Å². The van der Waals surface area contributed by atoms with Crippen LogP contribution in [0.3, 0.4) is 0 Å². The van der Waals surface area contributed by atoms with Gasteiger partial charge in [0, 0.05) is 19.5 Å². The molecule has 0 saturated carbocycles. The highest BCUT2D eigenvalue weighted by Gasteiger charge is 1.90. The predicted molar refractivity (Wildman–Crippen MR) is 37.4 cm³/mol. The maximum absolute atomic E-state index is 10.7. The van der Waals surface area contributed by atoms with Crippen molar-refractivity contribution < 1.29 is 0 Å². The van der Waals surface area contributed by atoms with E-state index in [0.717, 1.165) is 6.21 Å². The molecule has 52 valence electrons. The monoisotopic (exact) mass is 137 g/mol. The third kappa shape index (κ3) is 1.10. The second kappa shape index (κ2) is 2.43. The molecule has 4 heteroatoms. The molecule has 0 amide bonds. The average Bonchev–Trinajstić information content (AvgIpc) is 1.95. The minimum absolute atomic E-state index is 0.161. The van der Waals surface area contributed by atoms with Crippen LogP contribution in [-0.4, -0.2) is 15.8 Å². The molecule has 0 unspecified atom stereocenters. The van der Waals surface area contributed by atoms with Gasteiger partial charge in [0.1, 0.15) is 0 Å². The lowest BCUT2D eigenvalue weighted by Gasteiger charge is -1.94. The van der Waals surface area contributed by atoms with Crippen LogP contribution < -0.4 is 5.56 Å². The van der Waals surface area contributed by atoms with Crippen molar-refractivity contribution in [3.8, 4) is 0 Å². The molecule has 0 aliphatic carbocycles. The Morgan fingerprint density at radius 1 is 1.80 bits per heavy atom. The highest BCUT2D eigenvalue weighted by Crippen LogP contribution is 1.81. The molecule has 0 fully saturated rings. The van der Waals surface area contributed by atoms with Crippen LogP contribution >= 0.6 is 0 Å². The maximum atomic E-state index is 10.7. The van der Waals surface area contributed by atoms with Crippen molar-refractivity contribution in [3.05, 3.63) is 28.4 Å². The second-order valence-electron chi connectivity index (χ2n) is 1.91. The third-order valence-electron chi connectivity index (χ3n) is 1.15. The molecule has 10 heavy (non-hydrogen) atoms. The van der Waals surface area contributed by atoms with Gasteiger partial charge in [0.05, 0.1) is 11.9 Å². The zero-order chi connectivity index (χ0) is 7.56. The number of nitrogens with zero attached hydrogens (tertiary/aromatic N) is 2. The largest absolute Gasteiger partial charge is 0.315 e. The van der Waals surface area contributed by atoms with Gasteiger partial charge in [0.15, 0.2) is 0 Å². The average molecular weight is 137 g/mol. The van der Waals surface area contributed by atoms with Gasteiger partial charge in [-0.3, -0.25) is 4.79 Å². The van der Waals surface area contributed by atoms with Crippen LogP contribution in [-0.2, 0) is 7.05 Å². The zero-order valence-corrected chi connectivity index (χ0v) is 5.53. The van der Waals surface area contributed by atoms with Gasteiger partial charge < -0.3 is 9.98 Å². The molecule has 0 saturated heterocycles. The zero-order valence-electron chi connectivity index (χ0n) is 5.53. The molecule has 0 spiro atoms. The summed E-state index contributed by atoms with van der Waals surface area (Å²) in [5.41, 5.74) is 0.327. The molecular formula is C6H7N3O. The van der Waals surface area contributed by atoms with E-state index in [0.29, 0.717) is 5.69 Å². The molecule has 1 heterocycles. The fourth-order valence-electron chi connectivity index (χ4n) is 0.591. The fraction of sp³-hybridized carbons (Fsp3) is 0.167. The Morgan fingerprint density at radius 3 is 3.00 bits per heavy atom. The summed E-state index contributed by atoms with van der Waals surface area (Å²) >= 11 is 0. The van der Waals surface area contributed by atoms with Gasteiger partial charge in [-0.2, -0.15) is 0 Å². The van der Waals surface area contributed by atoms with Gasteiger partial charge in [0.2, 0.25) is 0 Å². The first-order valence-electron chi connectivity index (χ1n) is 2.77. The Balaban J connectivity index is 3.29. The molecule has 1 rings (SSSR count). The minimum Gasteiger partial charge on any atom is -0.315 e. The topological polar surface area (TPSA) is 58.7 Å². The van der Waals surface area contributed by atoms with E-state index < -0.39 is 0 Å². The van der Waals surface area contributed by atoms with E-state index >= 15 is 0 Å². The highest BCUT2D eigenvalue weighted by atomic mass is 16.1. The molecule has 1 aromatic heterocycles. The van der Waals surface area contributed by atoms with Gasteiger partial charge in [-0.05, 0) is 0 Å². The molecule has 0 radical (unpaired) electrons. The van der Waals surface area contributed by atoms with Gasteiger partial charge in [0.25, 0.3) is 5.56 Å². The summed E-state index contributed by atoms with van der Waals surface area (Å²) in [5, 5.41) is 6.81. The Labute approximate surface area is 57.7 Å². The number of nitrogens with one attached hydrogen (secondary N) is 1. The van der Waals surface area contributed by atoms with Crippen molar-refractivity contribution >= 4 is 6.21 Å².